The van der Waals surface area contributed by atoms with E-state index in [1.165, 1.54) is 12.8 Å². The minimum absolute atomic E-state index is 0.198. The van der Waals surface area contributed by atoms with Crippen LogP contribution in [0.15, 0.2) is 6.20 Å². The first-order valence-corrected chi connectivity index (χ1v) is 6.70. The number of anilines is 1. The van der Waals surface area contributed by atoms with E-state index >= 15 is 0 Å². The van der Waals surface area contributed by atoms with Gasteiger partial charge in [-0.3, -0.25) is 0 Å². The van der Waals surface area contributed by atoms with E-state index in [2.05, 4.69) is 17.0 Å². The van der Waals surface area contributed by atoms with Crippen LogP contribution in [0.5, 0.6) is 0 Å². The highest BCUT2D eigenvalue weighted by Crippen LogP contribution is 2.39. The molecule has 1 atom stereocenters. The number of hydrogen-bond donors (Lipinski definition) is 1. The predicted molar refractivity (Wildman–Crippen MR) is 72.9 cm³/mol. The van der Waals surface area contributed by atoms with Gasteiger partial charge >= 0.3 is 0 Å². The van der Waals surface area contributed by atoms with Crippen LogP contribution in [0.3, 0.4) is 0 Å². The van der Waals surface area contributed by atoms with Crippen molar-refractivity contribution in [3.63, 3.8) is 0 Å². The summed E-state index contributed by atoms with van der Waals surface area (Å²) < 4.78 is 6.99. The molecule has 6 heteroatoms. The van der Waals surface area contributed by atoms with Crippen LogP contribution < -0.4 is 5.73 Å². The van der Waals surface area contributed by atoms with Crippen molar-refractivity contribution in [3.8, 4) is 0 Å². The smallest absolute Gasteiger partial charge is 0.179 e. The van der Waals surface area contributed by atoms with Crippen LogP contribution in [0.1, 0.15) is 43.8 Å². The van der Waals surface area contributed by atoms with Crippen molar-refractivity contribution in [2.24, 2.45) is 0 Å². The van der Waals surface area contributed by atoms with Gasteiger partial charge in [-0.25, -0.2) is 14.6 Å². The third-order valence-corrected chi connectivity index (χ3v) is 3.60. The summed E-state index contributed by atoms with van der Waals surface area (Å²) in [6.45, 7) is 2.79. The Hall–Kier alpha value is -1.69. The summed E-state index contributed by atoms with van der Waals surface area (Å²) in [5.74, 6) is 1.03. The number of rotatable bonds is 5. The molecule has 3 rings (SSSR count). The molecule has 2 aromatic rings. The number of nitrogen functional groups attached to an aromatic ring is 1. The molecule has 2 heterocycles. The van der Waals surface area contributed by atoms with Crippen LogP contribution in [0.25, 0.3) is 11.2 Å². The number of hydrogen-bond acceptors (Lipinski definition) is 5. The summed E-state index contributed by atoms with van der Waals surface area (Å²) in [7, 11) is 1.70. The summed E-state index contributed by atoms with van der Waals surface area (Å²) in [6, 6.07) is 0.198. The number of methoxy groups -OCH3 is 1. The SMILES string of the molecule is COCCC(C)n1nc(N)c2ncc(C3CC3)nc21. The normalized spacial score (nSPS) is 16.9. The third-order valence-electron chi connectivity index (χ3n) is 3.60. The van der Waals surface area contributed by atoms with Gasteiger partial charge in [0.25, 0.3) is 0 Å². The maximum absolute atomic E-state index is 5.92. The van der Waals surface area contributed by atoms with E-state index < -0.39 is 0 Å². The first-order valence-electron chi connectivity index (χ1n) is 6.70. The monoisotopic (exact) mass is 261 g/mol. The van der Waals surface area contributed by atoms with Crippen LogP contribution in [0, 0.1) is 0 Å². The highest BCUT2D eigenvalue weighted by atomic mass is 16.5. The molecular formula is C13H19N5O. The van der Waals surface area contributed by atoms with Gasteiger partial charge in [0, 0.05) is 25.8 Å². The van der Waals surface area contributed by atoms with E-state index in [4.69, 9.17) is 15.5 Å². The van der Waals surface area contributed by atoms with E-state index in [0.29, 0.717) is 23.9 Å². The molecule has 0 aliphatic heterocycles. The van der Waals surface area contributed by atoms with Crippen molar-refractivity contribution >= 4 is 17.0 Å². The topological polar surface area (TPSA) is 78.9 Å². The molecule has 0 aromatic carbocycles. The zero-order chi connectivity index (χ0) is 13.4. The summed E-state index contributed by atoms with van der Waals surface area (Å²) in [5.41, 5.74) is 8.48. The largest absolute Gasteiger partial charge is 0.385 e. The first kappa shape index (κ1) is 12.3. The molecule has 0 bridgehead atoms. The number of nitrogens with two attached hydrogens (primary N) is 1. The molecule has 0 amide bonds. The molecule has 6 nitrogen and oxygen atoms in total. The fourth-order valence-corrected chi connectivity index (χ4v) is 2.24. The lowest BCUT2D eigenvalue weighted by atomic mass is 10.2. The second-order valence-electron chi connectivity index (χ2n) is 5.20. The Balaban J connectivity index is 2.00. The summed E-state index contributed by atoms with van der Waals surface area (Å²) in [4.78, 5) is 9.13. The molecule has 0 radical (unpaired) electrons. The number of nitrogens with zero attached hydrogens (tertiary/aromatic N) is 4. The van der Waals surface area contributed by atoms with Gasteiger partial charge in [-0.2, -0.15) is 5.10 Å². The summed E-state index contributed by atoms with van der Waals surface area (Å²) >= 11 is 0. The van der Waals surface area contributed by atoms with E-state index in [-0.39, 0.29) is 6.04 Å². The number of fused-ring (bicyclic) bond motifs is 1. The van der Waals surface area contributed by atoms with Crippen molar-refractivity contribution in [1.29, 1.82) is 0 Å². The van der Waals surface area contributed by atoms with Gasteiger partial charge in [0.05, 0.1) is 11.7 Å². The zero-order valence-corrected chi connectivity index (χ0v) is 11.3. The minimum atomic E-state index is 0.198. The molecule has 0 spiro atoms. The Morgan fingerprint density at radius 2 is 2.32 bits per heavy atom. The maximum atomic E-state index is 5.92. The molecule has 1 saturated carbocycles. The summed E-state index contributed by atoms with van der Waals surface area (Å²) in [6.07, 6.45) is 5.14. The Morgan fingerprint density at radius 1 is 1.53 bits per heavy atom. The molecular weight excluding hydrogens is 242 g/mol. The zero-order valence-electron chi connectivity index (χ0n) is 11.3. The van der Waals surface area contributed by atoms with E-state index in [0.717, 1.165) is 17.8 Å². The predicted octanol–water partition coefficient (Wildman–Crippen LogP) is 1.88. The second kappa shape index (κ2) is 4.77. The van der Waals surface area contributed by atoms with Crippen LogP contribution in [-0.2, 0) is 4.74 Å². The number of ether oxygens (including phenoxy) is 1. The van der Waals surface area contributed by atoms with Crippen LogP contribution in [-0.4, -0.2) is 33.5 Å². The van der Waals surface area contributed by atoms with Gasteiger partial charge in [-0.1, -0.05) is 0 Å². The minimum Gasteiger partial charge on any atom is -0.385 e. The van der Waals surface area contributed by atoms with E-state index in [1.807, 2.05) is 10.9 Å². The Labute approximate surface area is 112 Å². The maximum Gasteiger partial charge on any atom is 0.179 e. The molecule has 102 valence electrons. The Kier molecular flexibility index (Phi) is 3.10. The summed E-state index contributed by atoms with van der Waals surface area (Å²) in [5, 5.41) is 4.38. The van der Waals surface area contributed by atoms with E-state index in [9.17, 15) is 0 Å². The van der Waals surface area contributed by atoms with Crippen molar-refractivity contribution < 1.29 is 4.74 Å². The Bertz CT molecular complexity index is 590. The highest BCUT2D eigenvalue weighted by Gasteiger charge is 2.27. The van der Waals surface area contributed by atoms with Crippen molar-refractivity contribution in [3.05, 3.63) is 11.9 Å². The van der Waals surface area contributed by atoms with Crippen molar-refractivity contribution in [2.75, 3.05) is 19.5 Å². The highest BCUT2D eigenvalue weighted by molar-refractivity contribution is 5.82. The standard InChI is InChI=1S/C13H19N5O/c1-8(5-6-19-2)18-13-11(12(14)17-18)15-7-10(16-13)9-3-4-9/h7-9H,3-6H2,1-2H3,(H2,14,17). The number of aromatic nitrogens is 4. The third kappa shape index (κ3) is 2.28. The molecule has 1 fully saturated rings. The lowest BCUT2D eigenvalue weighted by Gasteiger charge is -2.12. The average Bonchev–Trinajstić information content (AvgIpc) is 3.21. The molecule has 0 saturated heterocycles. The molecule has 1 aliphatic rings. The van der Waals surface area contributed by atoms with Gasteiger partial charge < -0.3 is 10.5 Å². The second-order valence-corrected chi connectivity index (χ2v) is 5.20. The van der Waals surface area contributed by atoms with Gasteiger partial charge in [0.15, 0.2) is 17.0 Å². The molecule has 2 N–H and O–H groups in total. The fraction of sp³-hybridized carbons (Fsp3) is 0.615. The molecule has 1 aliphatic carbocycles. The molecule has 19 heavy (non-hydrogen) atoms. The lowest BCUT2D eigenvalue weighted by molar-refractivity contribution is 0.179. The first-order chi connectivity index (χ1) is 9.20. The van der Waals surface area contributed by atoms with Crippen LogP contribution >= 0.6 is 0 Å². The van der Waals surface area contributed by atoms with Crippen LogP contribution in [0.2, 0.25) is 0 Å². The van der Waals surface area contributed by atoms with Crippen molar-refractivity contribution in [1.82, 2.24) is 19.7 Å². The fourth-order valence-electron chi connectivity index (χ4n) is 2.24. The van der Waals surface area contributed by atoms with Gasteiger partial charge in [-0.15, -0.1) is 0 Å². The quantitative estimate of drug-likeness (QED) is 0.889. The van der Waals surface area contributed by atoms with Gasteiger partial charge in [-0.05, 0) is 26.2 Å². The molecule has 1 unspecified atom stereocenters. The van der Waals surface area contributed by atoms with Gasteiger partial charge in [0.2, 0.25) is 0 Å². The lowest BCUT2D eigenvalue weighted by Crippen LogP contribution is -2.10. The van der Waals surface area contributed by atoms with E-state index in [1.54, 1.807) is 7.11 Å². The van der Waals surface area contributed by atoms with Crippen LogP contribution in [0.4, 0.5) is 5.82 Å². The molecule has 2 aromatic heterocycles. The average molecular weight is 261 g/mol. The Morgan fingerprint density at radius 3 is 3.00 bits per heavy atom. The van der Waals surface area contributed by atoms with Gasteiger partial charge in [0.1, 0.15) is 0 Å². The van der Waals surface area contributed by atoms with Crippen molar-refractivity contribution in [2.45, 2.75) is 38.1 Å².